The van der Waals surface area contributed by atoms with E-state index in [0.29, 0.717) is 66.1 Å². The van der Waals surface area contributed by atoms with Crippen molar-refractivity contribution < 1.29 is 33.2 Å². The number of halogens is 5. The molecule has 0 N–H and O–H groups in total. The normalized spacial score (nSPS) is 13.5. The minimum absolute atomic E-state index is 0. The predicted octanol–water partition coefficient (Wildman–Crippen LogP) is 20.3. The number of ketones is 1. The maximum atomic E-state index is 10.4. The van der Waals surface area contributed by atoms with Crippen LogP contribution in [-0.2, 0) is 44.7 Å². The van der Waals surface area contributed by atoms with E-state index < -0.39 is 5.31 Å². The van der Waals surface area contributed by atoms with E-state index in [9.17, 15) is 4.79 Å². The molecule has 9 aromatic carbocycles. The van der Waals surface area contributed by atoms with Crippen LogP contribution in [0.4, 0.5) is 0 Å². The SMILES string of the molecule is BrCc1ccccc1Br.Brc1ccccc1C=C1COCCOC1.Brc1ccccc1CP(Br)(c1ccccc1)(c1ccccc1)c1ccccc1.C.C.C.C.C#Cc1ccccc1.C(#Cc1ccccc1C=C1COCCOC1)c1ccccc1.O=C1COCCOC1. The summed E-state index contributed by atoms with van der Waals surface area (Å²) in [6, 6.07) is 85.3. The van der Waals surface area contributed by atoms with E-state index in [0.717, 1.165) is 48.3 Å². The van der Waals surface area contributed by atoms with E-state index in [1.807, 2.05) is 115 Å². The molecule has 0 bridgehead atoms. The molecule has 3 heterocycles. The maximum absolute atomic E-state index is 10.4. The molecule has 94 heavy (non-hydrogen) atoms. The Bertz CT molecular complexity index is 3630. The summed E-state index contributed by atoms with van der Waals surface area (Å²) in [7, 11) is 0. The van der Waals surface area contributed by atoms with Gasteiger partial charge in [0, 0.05) is 31.0 Å². The maximum Gasteiger partial charge on any atom is 0.183 e. The van der Waals surface area contributed by atoms with Crippen LogP contribution in [0.15, 0.2) is 273 Å². The molecule has 7 nitrogen and oxygen atoms in total. The molecule has 0 aliphatic carbocycles. The Balaban J connectivity index is 0.000000311. The third kappa shape index (κ3) is 26.8. The van der Waals surface area contributed by atoms with E-state index in [1.54, 1.807) is 0 Å². The van der Waals surface area contributed by atoms with Gasteiger partial charge in [-0.1, -0.05) is 192 Å². The van der Waals surface area contributed by atoms with Crippen molar-refractivity contribution in [3.8, 4) is 24.2 Å². The van der Waals surface area contributed by atoms with Gasteiger partial charge in [-0.25, -0.2) is 0 Å². The molecule has 12 rings (SSSR count). The van der Waals surface area contributed by atoms with Crippen LogP contribution >= 0.6 is 84.5 Å². The van der Waals surface area contributed by atoms with Gasteiger partial charge >= 0.3 is 184 Å². The number of carbonyl (C=O) groups is 1. The first-order chi connectivity index (χ1) is 44.1. The van der Waals surface area contributed by atoms with E-state index in [-0.39, 0.29) is 48.7 Å². The summed E-state index contributed by atoms with van der Waals surface area (Å²) in [5.74, 6) is 9.02. The molecular weight excluding hydrogens is 1520 g/mol. The fourth-order valence-corrected chi connectivity index (χ4v) is 19.3. The summed E-state index contributed by atoms with van der Waals surface area (Å²) in [5, 5.41) is 1.99. The number of alkyl halides is 1. The van der Waals surface area contributed by atoms with Crippen molar-refractivity contribution in [2.24, 2.45) is 0 Å². The molecule has 3 saturated heterocycles. The Morgan fingerprint density at radius 3 is 1.10 bits per heavy atom. The third-order valence-corrected chi connectivity index (χ3v) is 26.2. The van der Waals surface area contributed by atoms with Crippen LogP contribution in [0.3, 0.4) is 0 Å². The summed E-state index contributed by atoms with van der Waals surface area (Å²) in [4.78, 5) is 10.4. The zero-order valence-corrected chi connectivity index (χ0v) is 58.8. The molecule has 0 aromatic heterocycles. The number of rotatable bonds is 8. The second-order valence-electron chi connectivity index (χ2n) is 20.4. The van der Waals surface area contributed by atoms with Gasteiger partial charge in [0.15, 0.2) is 5.78 Å². The smallest absolute Gasteiger partial charge is 0.183 e. The summed E-state index contributed by atoms with van der Waals surface area (Å²) in [6.07, 6.45) is 10.2. The quantitative estimate of drug-likeness (QED) is 0.0853. The van der Waals surface area contributed by atoms with Gasteiger partial charge in [0.05, 0.1) is 66.1 Å². The zero-order chi connectivity index (χ0) is 63.4. The molecule has 0 amide bonds. The second kappa shape index (κ2) is 46.1. The number of hydrogen-bond donors (Lipinski definition) is 0. The van der Waals surface area contributed by atoms with Gasteiger partial charge in [-0.3, -0.25) is 4.79 Å². The molecule has 3 aliphatic heterocycles. The molecule has 0 spiro atoms. The van der Waals surface area contributed by atoms with Crippen LogP contribution in [-0.4, -0.2) is 85.1 Å². The molecular formula is C81H88Br5O7P. The number of ether oxygens (including phenoxy) is 6. The topological polar surface area (TPSA) is 72.5 Å². The van der Waals surface area contributed by atoms with E-state index in [1.165, 1.54) is 42.6 Å². The van der Waals surface area contributed by atoms with Gasteiger partial charge in [-0.2, -0.15) is 0 Å². The zero-order valence-electron chi connectivity index (χ0n) is 50.0. The molecule has 0 atom stereocenters. The molecule has 0 radical (unpaired) electrons. The van der Waals surface area contributed by atoms with Gasteiger partial charge in [0.1, 0.15) is 13.2 Å². The number of carbonyl (C=O) groups excluding carboxylic acids is 1. The van der Waals surface area contributed by atoms with Crippen molar-refractivity contribution in [1.82, 2.24) is 0 Å². The largest absolute Gasteiger partial charge is 0.375 e. The fraction of sp³-hybridized carbons (Fsp3) is 0.222. The van der Waals surface area contributed by atoms with Gasteiger partial charge < -0.3 is 28.4 Å². The van der Waals surface area contributed by atoms with Gasteiger partial charge in [0.2, 0.25) is 0 Å². The summed E-state index contributed by atoms with van der Waals surface area (Å²) >= 11 is 18.6. The number of terminal acetylenes is 1. The monoisotopic (exact) mass is 1600 g/mol. The Morgan fingerprint density at radius 1 is 0.383 bits per heavy atom. The molecule has 3 aliphatic rings. The molecule has 0 saturated carbocycles. The predicted molar refractivity (Wildman–Crippen MR) is 419 cm³/mol. The van der Waals surface area contributed by atoms with Crippen molar-refractivity contribution in [3.05, 3.63) is 312 Å². The Morgan fingerprint density at radius 2 is 0.713 bits per heavy atom. The second-order valence-corrected chi connectivity index (χ2v) is 32.4. The number of Topliss-reactive ketones (excluding diaryl/α,β-unsaturated/α-hetero) is 1. The average molecular weight is 1600 g/mol. The summed E-state index contributed by atoms with van der Waals surface area (Å²) in [6.45, 7) is 6.82. The van der Waals surface area contributed by atoms with Crippen molar-refractivity contribution in [2.75, 3.05) is 79.3 Å². The minimum atomic E-state index is -2.93. The van der Waals surface area contributed by atoms with Crippen molar-refractivity contribution in [2.45, 2.75) is 41.2 Å². The van der Waals surface area contributed by atoms with E-state index in [4.69, 9.17) is 34.8 Å². The number of hydrogen-bond acceptors (Lipinski definition) is 7. The Hall–Kier alpha value is -6.16. The van der Waals surface area contributed by atoms with Crippen LogP contribution in [0.2, 0.25) is 0 Å². The van der Waals surface area contributed by atoms with Crippen LogP contribution in [0.25, 0.3) is 12.2 Å². The first-order valence-corrected chi connectivity index (χ1v) is 37.2. The van der Waals surface area contributed by atoms with Crippen LogP contribution < -0.4 is 15.9 Å². The standard InChI is InChI=1S/C25H21Br2P.C20H18O2.C12H13BrO2.C8H6.C7H6Br2.C5H8O3.4CH4/c26-25-19-11-10-12-21(25)20-28(27,22-13-4-1-5-14-22,23-15-6-2-7-16-23)24-17-8-3-9-18-24;1-2-6-17(7-3-1)10-11-19-8-4-5-9-20(19)14-18-15-21-12-13-22-16-18;13-12-4-2-1-3-11(12)7-10-8-14-5-6-15-9-10;1-2-8-6-4-3-5-7-8;8-5-6-3-1-2-4-7(6)9;6-5-3-7-1-2-8-4-5;;;;/h1-19H,20H2;1-9,14H,12-13,15-16H2;1-4,7H,5-6,8-9H2;1,3-7H;1-4H,5H2;1-4H2;4*1H4. The number of benzene rings is 9. The molecule has 9 aromatic rings. The van der Waals surface area contributed by atoms with E-state index >= 15 is 0 Å². The first kappa shape index (κ1) is 82.1. The van der Waals surface area contributed by atoms with Gasteiger partial charge in [-0.05, 0) is 76.4 Å². The summed E-state index contributed by atoms with van der Waals surface area (Å²) < 4.78 is 34.9. The van der Waals surface area contributed by atoms with Crippen LogP contribution in [0, 0.1) is 24.2 Å². The fourth-order valence-electron chi connectivity index (χ4n) is 9.29. The van der Waals surface area contributed by atoms with Crippen LogP contribution in [0.1, 0.15) is 68.7 Å². The van der Waals surface area contributed by atoms with E-state index in [2.05, 4.69) is 243 Å². The van der Waals surface area contributed by atoms with Crippen molar-refractivity contribution in [3.63, 3.8) is 0 Å². The molecule has 3 fully saturated rings. The third-order valence-electron chi connectivity index (χ3n) is 13.8. The van der Waals surface area contributed by atoms with Crippen LogP contribution in [0.5, 0.6) is 0 Å². The van der Waals surface area contributed by atoms with Gasteiger partial charge in [0.25, 0.3) is 0 Å². The van der Waals surface area contributed by atoms with Crippen molar-refractivity contribution in [1.29, 1.82) is 0 Å². The Kier molecular flexibility index (Phi) is 40.2. The summed E-state index contributed by atoms with van der Waals surface area (Å²) in [5.41, 5.74) is 10.2. The Labute approximate surface area is 603 Å². The molecule has 494 valence electrons. The molecule has 0 unspecified atom stereocenters. The van der Waals surface area contributed by atoms with Crippen molar-refractivity contribution >= 4 is 118 Å². The van der Waals surface area contributed by atoms with Gasteiger partial charge in [-0.15, -0.1) is 6.42 Å². The molecule has 13 heteroatoms. The minimum Gasteiger partial charge on any atom is -0.375 e. The first-order valence-electron chi connectivity index (χ1n) is 29.3. The average Bonchev–Trinajstić information content (AvgIpc) is 0.730.